The van der Waals surface area contributed by atoms with Crippen LogP contribution in [0.15, 0.2) is 47.3 Å². The van der Waals surface area contributed by atoms with E-state index in [1.54, 1.807) is 4.68 Å². The zero-order valence-electron chi connectivity index (χ0n) is 21.3. The van der Waals surface area contributed by atoms with Crippen molar-refractivity contribution in [1.82, 2.24) is 29.9 Å². The number of piperidine rings is 1. The molecule has 8 heteroatoms. The van der Waals surface area contributed by atoms with Crippen molar-refractivity contribution in [3.05, 3.63) is 86.5 Å². The maximum Gasteiger partial charge on any atom is 0.281 e. The van der Waals surface area contributed by atoms with Gasteiger partial charge in [-0.3, -0.25) is 9.59 Å². The van der Waals surface area contributed by atoms with Gasteiger partial charge in [0.1, 0.15) is 5.82 Å². The summed E-state index contributed by atoms with van der Waals surface area (Å²) in [5, 5.41) is 8.26. The lowest BCUT2D eigenvalue weighted by atomic mass is 9.91. The molecule has 0 bridgehead atoms. The van der Waals surface area contributed by atoms with Crippen molar-refractivity contribution in [2.75, 3.05) is 13.1 Å². The number of likely N-dealkylation sites (tertiary alicyclic amines) is 1. The number of aromatic amines is 1. The van der Waals surface area contributed by atoms with E-state index in [9.17, 15) is 9.59 Å². The number of rotatable bonds is 5. The van der Waals surface area contributed by atoms with E-state index in [2.05, 4.69) is 59.5 Å². The third kappa shape index (κ3) is 4.67. The highest BCUT2D eigenvalue weighted by Crippen LogP contribution is 2.29. The molecule has 186 valence electrons. The zero-order chi connectivity index (χ0) is 25.4. The van der Waals surface area contributed by atoms with Crippen LogP contribution in [0.2, 0.25) is 0 Å². The molecule has 1 aliphatic rings. The highest BCUT2D eigenvalue weighted by molar-refractivity contribution is 5.84. The molecular weight excluding hydrogens is 452 g/mol. The fourth-order valence-electron chi connectivity index (χ4n) is 5.06. The van der Waals surface area contributed by atoms with Gasteiger partial charge in [0.05, 0.1) is 12.5 Å². The van der Waals surface area contributed by atoms with Crippen LogP contribution >= 0.6 is 0 Å². The lowest BCUT2D eigenvalue weighted by Gasteiger charge is -2.33. The lowest BCUT2D eigenvalue weighted by molar-refractivity contribution is -0.133. The third-order valence-electron chi connectivity index (χ3n) is 7.31. The zero-order valence-corrected chi connectivity index (χ0v) is 21.3. The van der Waals surface area contributed by atoms with E-state index in [0.717, 1.165) is 35.1 Å². The van der Waals surface area contributed by atoms with Crippen molar-refractivity contribution < 1.29 is 4.79 Å². The van der Waals surface area contributed by atoms with E-state index in [1.807, 2.05) is 30.9 Å². The van der Waals surface area contributed by atoms with Crippen molar-refractivity contribution >= 4 is 17.1 Å². The molecule has 0 spiro atoms. The number of carbonyl (C=O) groups is 1. The van der Waals surface area contributed by atoms with Crippen LogP contribution in [0, 0.1) is 20.8 Å². The maximum atomic E-state index is 13.3. The van der Waals surface area contributed by atoms with Gasteiger partial charge in [-0.25, -0.2) is 9.67 Å². The molecule has 5 rings (SSSR count). The van der Waals surface area contributed by atoms with E-state index < -0.39 is 0 Å². The number of hydrogen-bond acceptors (Lipinski definition) is 5. The Bertz CT molecular complexity index is 1460. The molecule has 2 aromatic heterocycles. The smallest absolute Gasteiger partial charge is 0.281 e. The monoisotopic (exact) mass is 484 g/mol. The summed E-state index contributed by atoms with van der Waals surface area (Å²) in [4.78, 5) is 35.7. The fraction of sp³-hybridized carbons (Fsp3) is 0.393. The average Bonchev–Trinajstić information content (AvgIpc) is 3.29. The molecule has 1 saturated heterocycles. The molecule has 1 aliphatic heterocycles. The summed E-state index contributed by atoms with van der Waals surface area (Å²) in [5.74, 6) is 0.692. The molecule has 0 saturated carbocycles. The van der Waals surface area contributed by atoms with Crippen LogP contribution in [0.1, 0.15) is 65.2 Å². The summed E-state index contributed by atoms with van der Waals surface area (Å²) < 4.78 is 1.68. The number of amides is 1. The van der Waals surface area contributed by atoms with Gasteiger partial charge in [0.2, 0.25) is 5.91 Å². The molecule has 3 heterocycles. The number of carbonyl (C=O) groups excluding carboxylic acids is 1. The Kier molecular flexibility index (Phi) is 6.43. The van der Waals surface area contributed by atoms with Crippen LogP contribution in [-0.2, 0) is 11.3 Å². The Morgan fingerprint density at radius 3 is 2.47 bits per heavy atom. The number of fused-ring (bicyclic) bond motifs is 1. The molecule has 1 unspecified atom stereocenters. The fourth-order valence-corrected chi connectivity index (χ4v) is 5.06. The molecule has 4 aromatic rings. The first-order chi connectivity index (χ1) is 17.3. The summed E-state index contributed by atoms with van der Waals surface area (Å²) in [6.45, 7) is 9.93. The molecule has 1 amide bonds. The molecule has 1 atom stereocenters. The number of nitrogens with zero attached hydrogens (tertiary/aromatic N) is 5. The average molecular weight is 485 g/mol. The van der Waals surface area contributed by atoms with Crippen LogP contribution in [0.25, 0.3) is 11.2 Å². The predicted octanol–water partition coefficient (Wildman–Crippen LogP) is 4.00. The van der Waals surface area contributed by atoms with Gasteiger partial charge in [-0.15, -0.1) is 5.10 Å². The van der Waals surface area contributed by atoms with Gasteiger partial charge < -0.3 is 9.88 Å². The first-order valence-corrected chi connectivity index (χ1v) is 12.5. The summed E-state index contributed by atoms with van der Waals surface area (Å²) in [6, 6.07) is 14.5. The summed E-state index contributed by atoms with van der Waals surface area (Å²) in [6.07, 6.45) is 1.50. The van der Waals surface area contributed by atoms with Crippen molar-refractivity contribution in [1.29, 1.82) is 0 Å². The van der Waals surface area contributed by atoms with E-state index >= 15 is 0 Å². The second-order valence-corrected chi connectivity index (χ2v) is 10.0. The minimum atomic E-state index is -0.271. The van der Waals surface area contributed by atoms with Gasteiger partial charge in [0.25, 0.3) is 5.56 Å². The first-order valence-electron chi connectivity index (χ1n) is 12.5. The molecular formula is C28H32N6O2. The number of H-pyrrole nitrogens is 1. The highest BCUT2D eigenvalue weighted by Gasteiger charge is 2.29. The maximum absolute atomic E-state index is 13.3. The first kappa shape index (κ1) is 23.9. The largest absolute Gasteiger partial charge is 0.342 e. The molecule has 36 heavy (non-hydrogen) atoms. The Morgan fingerprint density at radius 1 is 1.06 bits per heavy atom. The topological polar surface area (TPSA) is 96.8 Å². The lowest BCUT2D eigenvalue weighted by Crippen LogP contribution is -2.40. The van der Waals surface area contributed by atoms with Gasteiger partial charge in [0, 0.05) is 19.0 Å². The SMILES string of the molecule is Cc1ccc(Cn2nnc3c(=O)[nH]c(C4CCN(C(=O)C(C)c5cc(C)ccc5C)CC4)nc32)cc1. The Labute approximate surface area is 210 Å². The Morgan fingerprint density at radius 2 is 1.75 bits per heavy atom. The number of nitrogens with one attached hydrogen (secondary N) is 1. The number of aromatic nitrogens is 5. The van der Waals surface area contributed by atoms with Gasteiger partial charge in [0.15, 0.2) is 11.2 Å². The van der Waals surface area contributed by atoms with Gasteiger partial charge >= 0.3 is 0 Å². The number of benzene rings is 2. The molecule has 1 fully saturated rings. The van der Waals surface area contributed by atoms with Crippen molar-refractivity contribution in [3.8, 4) is 0 Å². The summed E-state index contributed by atoms with van der Waals surface area (Å²) in [5.41, 5.74) is 6.13. The van der Waals surface area contributed by atoms with Crippen LogP contribution in [0.4, 0.5) is 0 Å². The molecule has 1 N–H and O–H groups in total. The van der Waals surface area contributed by atoms with Crippen molar-refractivity contribution in [3.63, 3.8) is 0 Å². The Hall–Kier alpha value is -3.81. The second-order valence-electron chi connectivity index (χ2n) is 10.0. The van der Waals surface area contributed by atoms with Gasteiger partial charge in [-0.2, -0.15) is 0 Å². The molecule has 0 aliphatic carbocycles. The van der Waals surface area contributed by atoms with Crippen LogP contribution in [-0.4, -0.2) is 48.9 Å². The predicted molar refractivity (Wildman–Crippen MR) is 139 cm³/mol. The van der Waals surface area contributed by atoms with E-state index in [0.29, 0.717) is 31.1 Å². The minimum absolute atomic E-state index is 0.0740. The van der Waals surface area contributed by atoms with Gasteiger partial charge in [-0.05, 0) is 57.2 Å². The minimum Gasteiger partial charge on any atom is -0.342 e. The Balaban J connectivity index is 1.31. The highest BCUT2D eigenvalue weighted by atomic mass is 16.2. The third-order valence-corrected chi connectivity index (χ3v) is 7.31. The normalized spacial score (nSPS) is 15.4. The van der Waals surface area contributed by atoms with E-state index in [-0.39, 0.29) is 28.8 Å². The number of aryl methyl sites for hydroxylation is 3. The summed E-state index contributed by atoms with van der Waals surface area (Å²) in [7, 11) is 0. The van der Waals surface area contributed by atoms with E-state index in [4.69, 9.17) is 4.98 Å². The molecule has 8 nitrogen and oxygen atoms in total. The number of hydrogen-bond donors (Lipinski definition) is 1. The van der Waals surface area contributed by atoms with Crippen LogP contribution in [0.3, 0.4) is 0 Å². The quantitative estimate of drug-likeness (QED) is 0.462. The standard InChI is InChI=1S/C28H32N6O2/c1-17-6-9-21(10-7-17)16-34-26-24(31-32-34)27(35)30-25(29-26)22-11-13-33(14-12-22)28(36)20(4)23-15-18(2)5-8-19(23)3/h5-10,15,20,22H,11-14,16H2,1-4H3,(H,29,30,35). The van der Waals surface area contributed by atoms with Gasteiger partial charge in [-0.1, -0.05) is 58.8 Å². The van der Waals surface area contributed by atoms with Crippen molar-refractivity contribution in [2.24, 2.45) is 0 Å². The summed E-state index contributed by atoms with van der Waals surface area (Å²) >= 11 is 0. The van der Waals surface area contributed by atoms with Crippen LogP contribution < -0.4 is 5.56 Å². The van der Waals surface area contributed by atoms with Crippen LogP contribution in [0.5, 0.6) is 0 Å². The second kappa shape index (κ2) is 9.68. The van der Waals surface area contributed by atoms with Crippen molar-refractivity contribution in [2.45, 2.75) is 58.9 Å². The van der Waals surface area contributed by atoms with E-state index in [1.165, 1.54) is 5.56 Å². The molecule has 0 radical (unpaired) electrons. The molecule has 2 aromatic carbocycles.